The van der Waals surface area contributed by atoms with Gasteiger partial charge in [-0.25, -0.2) is 4.98 Å². The largest absolute Gasteiger partial charge is 0.487 e. The number of benzene rings is 1. The number of nitrogen functional groups attached to an aromatic ring is 1. The lowest BCUT2D eigenvalue weighted by atomic mass is 10.3. The minimum atomic E-state index is -0.410. The van der Waals surface area contributed by atoms with Crippen LogP contribution in [0.25, 0.3) is 0 Å². The van der Waals surface area contributed by atoms with Crippen molar-refractivity contribution in [1.29, 1.82) is 0 Å². The van der Waals surface area contributed by atoms with Gasteiger partial charge in [-0.15, -0.1) is 0 Å². The molecule has 1 aromatic carbocycles. The molecule has 0 aliphatic carbocycles. The van der Waals surface area contributed by atoms with Crippen LogP contribution in [0.2, 0.25) is 0 Å². The number of aromatic amines is 1. The summed E-state index contributed by atoms with van der Waals surface area (Å²) in [4.78, 5) is 17.7. The summed E-state index contributed by atoms with van der Waals surface area (Å²) < 4.78 is 10.3. The summed E-state index contributed by atoms with van der Waals surface area (Å²) >= 11 is 0. The van der Waals surface area contributed by atoms with Crippen LogP contribution in [-0.4, -0.2) is 17.1 Å². The number of ether oxygens (including phenoxy) is 2. The molecule has 88 valence electrons. The Kier molecular flexibility index (Phi) is 2.95. The fraction of sp³-hybridized carbons (Fsp3) is 0.0909. The van der Waals surface area contributed by atoms with Gasteiger partial charge < -0.3 is 20.2 Å². The Morgan fingerprint density at radius 2 is 2.12 bits per heavy atom. The van der Waals surface area contributed by atoms with Crippen molar-refractivity contribution in [2.24, 2.45) is 0 Å². The summed E-state index contributed by atoms with van der Waals surface area (Å²) in [5.74, 6) is 0.508. The molecule has 1 aromatic heterocycles. The molecule has 0 bridgehead atoms. The first kappa shape index (κ1) is 11.0. The number of anilines is 1. The van der Waals surface area contributed by atoms with Gasteiger partial charge in [0.1, 0.15) is 0 Å². The van der Waals surface area contributed by atoms with E-state index in [9.17, 15) is 4.79 Å². The minimum absolute atomic E-state index is 0.00996. The van der Waals surface area contributed by atoms with Crippen molar-refractivity contribution in [3.8, 4) is 17.4 Å². The van der Waals surface area contributed by atoms with Gasteiger partial charge in [0.15, 0.2) is 5.75 Å². The Morgan fingerprint density at radius 1 is 1.35 bits per heavy atom. The highest BCUT2D eigenvalue weighted by molar-refractivity contribution is 5.53. The van der Waals surface area contributed by atoms with Crippen LogP contribution in [0, 0.1) is 0 Å². The third-order valence-electron chi connectivity index (χ3n) is 2.11. The summed E-state index contributed by atoms with van der Waals surface area (Å²) in [6.07, 6.45) is 1.24. The summed E-state index contributed by atoms with van der Waals surface area (Å²) in [6, 6.07) is 6.92. The van der Waals surface area contributed by atoms with E-state index in [0.29, 0.717) is 11.4 Å². The van der Waals surface area contributed by atoms with Crippen molar-refractivity contribution in [3.05, 3.63) is 40.9 Å². The number of nitrogens with one attached hydrogen (secondary N) is 1. The maximum atomic E-state index is 11.4. The molecular formula is C11H11N3O3. The molecule has 0 amide bonds. The SMILES string of the molecule is COc1c(Oc2ccccc2N)nc[nH]c1=O. The fourth-order valence-corrected chi connectivity index (χ4v) is 1.30. The molecular weight excluding hydrogens is 222 g/mol. The molecule has 6 heteroatoms. The average molecular weight is 233 g/mol. The van der Waals surface area contributed by atoms with Crippen molar-refractivity contribution >= 4 is 5.69 Å². The molecule has 0 aliphatic heterocycles. The summed E-state index contributed by atoms with van der Waals surface area (Å²) in [6.45, 7) is 0. The molecule has 17 heavy (non-hydrogen) atoms. The van der Waals surface area contributed by atoms with Crippen LogP contribution in [-0.2, 0) is 0 Å². The maximum Gasteiger partial charge on any atom is 0.297 e. The number of methoxy groups -OCH3 is 1. The number of H-pyrrole nitrogens is 1. The second-order valence-corrected chi connectivity index (χ2v) is 3.21. The highest BCUT2D eigenvalue weighted by Gasteiger charge is 2.12. The molecule has 3 N–H and O–H groups in total. The molecule has 2 aromatic rings. The summed E-state index contributed by atoms with van der Waals surface area (Å²) in [5.41, 5.74) is 5.76. The fourth-order valence-electron chi connectivity index (χ4n) is 1.30. The highest BCUT2D eigenvalue weighted by atomic mass is 16.5. The Hall–Kier alpha value is -2.50. The molecule has 0 aliphatic rings. The molecule has 0 radical (unpaired) electrons. The zero-order chi connectivity index (χ0) is 12.3. The monoisotopic (exact) mass is 233 g/mol. The highest BCUT2D eigenvalue weighted by Crippen LogP contribution is 2.29. The standard InChI is InChI=1S/C11H11N3O3/c1-16-9-10(15)13-6-14-11(9)17-8-5-3-2-4-7(8)12/h2-6H,12H2,1H3,(H,13,14,15). The van der Waals surface area contributed by atoms with Crippen LogP contribution in [0.3, 0.4) is 0 Å². The first-order valence-electron chi connectivity index (χ1n) is 4.86. The van der Waals surface area contributed by atoms with E-state index < -0.39 is 5.56 Å². The third kappa shape index (κ3) is 2.20. The van der Waals surface area contributed by atoms with E-state index in [-0.39, 0.29) is 11.6 Å². The van der Waals surface area contributed by atoms with Gasteiger partial charge >= 0.3 is 0 Å². The van der Waals surface area contributed by atoms with Gasteiger partial charge in [-0.1, -0.05) is 12.1 Å². The second kappa shape index (κ2) is 4.56. The van der Waals surface area contributed by atoms with E-state index in [2.05, 4.69) is 9.97 Å². The van der Waals surface area contributed by atoms with Gasteiger partial charge in [-0.3, -0.25) is 4.79 Å². The van der Waals surface area contributed by atoms with Crippen LogP contribution in [0.15, 0.2) is 35.4 Å². The van der Waals surface area contributed by atoms with Crippen molar-refractivity contribution in [3.63, 3.8) is 0 Å². The number of para-hydroxylation sites is 2. The lowest BCUT2D eigenvalue weighted by Crippen LogP contribution is -2.11. The van der Waals surface area contributed by atoms with Crippen LogP contribution < -0.4 is 20.8 Å². The van der Waals surface area contributed by atoms with Gasteiger partial charge in [0, 0.05) is 0 Å². The van der Waals surface area contributed by atoms with Crippen LogP contribution >= 0.6 is 0 Å². The van der Waals surface area contributed by atoms with E-state index >= 15 is 0 Å². The van der Waals surface area contributed by atoms with Gasteiger partial charge in [0.05, 0.1) is 19.1 Å². The molecule has 0 saturated heterocycles. The molecule has 1 heterocycles. The Balaban J connectivity index is 2.40. The Bertz CT molecular complexity index is 580. The van der Waals surface area contributed by atoms with Gasteiger partial charge in [0.25, 0.3) is 11.4 Å². The normalized spacial score (nSPS) is 9.94. The first-order valence-corrected chi connectivity index (χ1v) is 4.86. The Labute approximate surface area is 97.0 Å². The van der Waals surface area contributed by atoms with E-state index in [1.165, 1.54) is 13.4 Å². The molecule has 0 spiro atoms. The number of nitrogens with two attached hydrogens (primary N) is 1. The summed E-state index contributed by atoms with van der Waals surface area (Å²) in [7, 11) is 1.37. The smallest absolute Gasteiger partial charge is 0.297 e. The van der Waals surface area contributed by atoms with Crippen molar-refractivity contribution in [2.45, 2.75) is 0 Å². The lowest BCUT2D eigenvalue weighted by molar-refractivity contribution is 0.363. The number of aromatic nitrogens is 2. The minimum Gasteiger partial charge on any atom is -0.487 e. The van der Waals surface area contributed by atoms with E-state index in [0.717, 1.165) is 0 Å². The molecule has 6 nitrogen and oxygen atoms in total. The zero-order valence-corrected chi connectivity index (χ0v) is 9.14. The average Bonchev–Trinajstić information content (AvgIpc) is 2.32. The number of nitrogens with zero attached hydrogens (tertiary/aromatic N) is 1. The topological polar surface area (TPSA) is 90.2 Å². The number of rotatable bonds is 3. The number of hydrogen-bond donors (Lipinski definition) is 2. The van der Waals surface area contributed by atoms with Crippen molar-refractivity contribution < 1.29 is 9.47 Å². The van der Waals surface area contributed by atoms with E-state index in [4.69, 9.17) is 15.2 Å². The van der Waals surface area contributed by atoms with Crippen LogP contribution in [0.5, 0.6) is 17.4 Å². The van der Waals surface area contributed by atoms with Gasteiger partial charge in [0.2, 0.25) is 5.75 Å². The molecule has 0 saturated carbocycles. The van der Waals surface area contributed by atoms with E-state index in [1.807, 2.05) is 0 Å². The molecule has 0 unspecified atom stereocenters. The van der Waals surface area contributed by atoms with Crippen LogP contribution in [0.1, 0.15) is 0 Å². The van der Waals surface area contributed by atoms with Gasteiger partial charge in [-0.2, -0.15) is 0 Å². The van der Waals surface area contributed by atoms with Crippen molar-refractivity contribution in [2.75, 3.05) is 12.8 Å². The molecule has 0 atom stereocenters. The summed E-state index contributed by atoms with van der Waals surface area (Å²) in [5, 5.41) is 0. The first-order chi connectivity index (χ1) is 8.22. The quantitative estimate of drug-likeness (QED) is 0.776. The predicted molar refractivity (Wildman–Crippen MR) is 62.3 cm³/mol. The second-order valence-electron chi connectivity index (χ2n) is 3.21. The predicted octanol–water partition coefficient (Wildman–Crippen LogP) is 1.15. The lowest BCUT2D eigenvalue weighted by Gasteiger charge is -2.09. The van der Waals surface area contributed by atoms with Gasteiger partial charge in [-0.05, 0) is 12.1 Å². The Morgan fingerprint density at radius 3 is 2.82 bits per heavy atom. The van der Waals surface area contributed by atoms with E-state index in [1.54, 1.807) is 24.3 Å². The molecule has 0 fully saturated rings. The van der Waals surface area contributed by atoms with Crippen molar-refractivity contribution in [1.82, 2.24) is 9.97 Å². The molecule has 2 rings (SSSR count). The third-order valence-corrected chi connectivity index (χ3v) is 2.11. The number of hydrogen-bond acceptors (Lipinski definition) is 5. The maximum absolute atomic E-state index is 11.4. The van der Waals surface area contributed by atoms with Crippen LogP contribution in [0.4, 0.5) is 5.69 Å². The zero-order valence-electron chi connectivity index (χ0n) is 9.14.